The molecular formula is C13H15F3O. The third-order valence-corrected chi connectivity index (χ3v) is 3.59. The van der Waals surface area contributed by atoms with Gasteiger partial charge in [0.1, 0.15) is 0 Å². The fourth-order valence-electron chi connectivity index (χ4n) is 2.67. The molecule has 0 saturated heterocycles. The quantitative estimate of drug-likeness (QED) is 0.842. The number of hydrogen-bond donors (Lipinski definition) is 1. The van der Waals surface area contributed by atoms with Crippen molar-refractivity contribution < 1.29 is 18.3 Å². The highest BCUT2D eigenvalue weighted by Gasteiger charge is 2.59. The van der Waals surface area contributed by atoms with Gasteiger partial charge in [0.15, 0.2) is 5.60 Å². The van der Waals surface area contributed by atoms with Crippen LogP contribution in [-0.4, -0.2) is 11.3 Å². The number of halogens is 3. The Hall–Kier alpha value is -1.03. The summed E-state index contributed by atoms with van der Waals surface area (Å²) in [5.74, 6) is -0.718. The van der Waals surface area contributed by atoms with Crippen molar-refractivity contribution in [2.45, 2.75) is 37.5 Å². The predicted molar refractivity (Wildman–Crippen MR) is 58.4 cm³/mol. The van der Waals surface area contributed by atoms with Gasteiger partial charge in [0.25, 0.3) is 0 Å². The first-order valence-electron chi connectivity index (χ1n) is 5.81. The average Bonchev–Trinajstić information content (AvgIpc) is 2.81. The monoisotopic (exact) mass is 244 g/mol. The SMILES string of the molecule is OC(c1ccccc1)(C1CCCC1)C(F)(F)F. The number of hydrogen-bond acceptors (Lipinski definition) is 1. The molecule has 4 heteroatoms. The smallest absolute Gasteiger partial charge is 0.376 e. The lowest BCUT2D eigenvalue weighted by molar-refractivity contribution is -0.286. The van der Waals surface area contributed by atoms with Gasteiger partial charge in [-0.1, -0.05) is 43.2 Å². The van der Waals surface area contributed by atoms with Crippen molar-refractivity contribution >= 4 is 0 Å². The molecule has 1 saturated carbocycles. The van der Waals surface area contributed by atoms with Gasteiger partial charge in [0, 0.05) is 5.92 Å². The van der Waals surface area contributed by atoms with E-state index >= 15 is 0 Å². The zero-order valence-electron chi connectivity index (χ0n) is 9.37. The maximum Gasteiger partial charge on any atom is 0.421 e. The topological polar surface area (TPSA) is 20.2 Å². The molecule has 0 radical (unpaired) electrons. The van der Waals surface area contributed by atoms with Crippen LogP contribution < -0.4 is 0 Å². The maximum absolute atomic E-state index is 13.2. The normalized spacial score (nSPS) is 21.4. The Morgan fingerprint density at radius 3 is 2.00 bits per heavy atom. The number of benzene rings is 1. The van der Waals surface area contributed by atoms with E-state index in [1.165, 1.54) is 24.3 Å². The molecule has 0 heterocycles. The Morgan fingerprint density at radius 2 is 1.53 bits per heavy atom. The van der Waals surface area contributed by atoms with E-state index in [1.807, 2.05) is 0 Å². The van der Waals surface area contributed by atoms with E-state index in [9.17, 15) is 18.3 Å². The first kappa shape index (κ1) is 12.4. The highest BCUT2D eigenvalue weighted by atomic mass is 19.4. The Kier molecular flexibility index (Phi) is 3.17. The Morgan fingerprint density at radius 1 is 1.00 bits per heavy atom. The first-order valence-corrected chi connectivity index (χ1v) is 5.81. The van der Waals surface area contributed by atoms with E-state index < -0.39 is 17.7 Å². The minimum atomic E-state index is -4.62. The summed E-state index contributed by atoms with van der Waals surface area (Å²) in [4.78, 5) is 0. The summed E-state index contributed by atoms with van der Waals surface area (Å²) in [6, 6.07) is 7.41. The van der Waals surface area contributed by atoms with E-state index in [2.05, 4.69) is 0 Å². The Labute approximate surface area is 98.3 Å². The second-order valence-corrected chi connectivity index (χ2v) is 4.61. The van der Waals surface area contributed by atoms with Crippen molar-refractivity contribution in [1.29, 1.82) is 0 Å². The predicted octanol–water partition coefficient (Wildman–Crippen LogP) is 3.63. The standard InChI is InChI=1S/C13H15F3O/c14-13(15,16)12(17,11-8-4-5-9-11)10-6-2-1-3-7-10/h1-3,6-7,11,17H,4-5,8-9H2. The van der Waals surface area contributed by atoms with Crippen molar-refractivity contribution in [2.75, 3.05) is 0 Å². The van der Waals surface area contributed by atoms with Gasteiger partial charge in [0.05, 0.1) is 0 Å². The van der Waals surface area contributed by atoms with Gasteiger partial charge < -0.3 is 5.11 Å². The maximum atomic E-state index is 13.2. The summed E-state index contributed by atoms with van der Waals surface area (Å²) < 4.78 is 39.6. The van der Waals surface area contributed by atoms with Gasteiger partial charge in [-0.25, -0.2) is 0 Å². The van der Waals surface area contributed by atoms with Crippen LogP contribution in [0.5, 0.6) is 0 Å². The minimum Gasteiger partial charge on any atom is -0.376 e. The van der Waals surface area contributed by atoms with Gasteiger partial charge in [-0.05, 0) is 18.4 Å². The molecule has 0 spiro atoms. The highest BCUT2D eigenvalue weighted by molar-refractivity contribution is 5.25. The highest BCUT2D eigenvalue weighted by Crippen LogP contribution is 2.49. The molecule has 17 heavy (non-hydrogen) atoms. The van der Waals surface area contributed by atoms with E-state index in [0.717, 1.165) is 12.8 Å². The van der Waals surface area contributed by atoms with Crippen LogP contribution in [0.4, 0.5) is 13.2 Å². The summed E-state index contributed by atoms with van der Waals surface area (Å²) in [6.07, 6.45) is -2.23. The van der Waals surface area contributed by atoms with Crippen molar-refractivity contribution in [3.05, 3.63) is 35.9 Å². The largest absolute Gasteiger partial charge is 0.421 e. The van der Waals surface area contributed by atoms with Crippen LogP contribution in [0.25, 0.3) is 0 Å². The van der Waals surface area contributed by atoms with Crippen LogP contribution in [0.15, 0.2) is 30.3 Å². The Bertz CT molecular complexity index is 368. The molecule has 0 aliphatic heterocycles. The fourth-order valence-corrected chi connectivity index (χ4v) is 2.67. The third kappa shape index (κ3) is 2.06. The van der Waals surface area contributed by atoms with Crippen molar-refractivity contribution in [3.8, 4) is 0 Å². The fraction of sp³-hybridized carbons (Fsp3) is 0.538. The Balaban J connectivity index is 2.44. The third-order valence-electron chi connectivity index (χ3n) is 3.59. The molecular weight excluding hydrogens is 229 g/mol. The molecule has 94 valence electrons. The summed E-state index contributed by atoms with van der Waals surface area (Å²) in [7, 11) is 0. The average molecular weight is 244 g/mol. The molecule has 1 nitrogen and oxygen atoms in total. The van der Waals surface area contributed by atoms with Gasteiger partial charge in [-0.15, -0.1) is 0 Å². The molecule has 0 amide bonds. The van der Waals surface area contributed by atoms with Crippen molar-refractivity contribution in [1.82, 2.24) is 0 Å². The summed E-state index contributed by atoms with van der Waals surface area (Å²) >= 11 is 0. The van der Waals surface area contributed by atoms with E-state index in [4.69, 9.17) is 0 Å². The lowest BCUT2D eigenvalue weighted by Gasteiger charge is -2.36. The summed E-state index contributed by atoms with van der Waals surface area (Å²) in [5.41, 5.74) is -2.73. The van der Waals surface area contributed by atoms with Crippen molar-refractivity contribution in [3.63, 3.8) is 0 Å². The summed E-state index contributed by atoms with van der Waals surface area (Å²) in [6.45, 7) is 0. The lowest BCUT2D eigenvalue weighted by atomic mass is 9.79. The summed E-state index contributed by atoms with van der Waals surface area (Å²) in [5, 5.41) is 10.2. The van der Waals surface area contributed by atoms with Crippen LogP contribution in [0.1, 0.15) is 31.2 Å². The molecule has 1 atom stereocenters. The van der Waals surface area contributed by atoms with E-state index in [1.54, 1.807) is 6.07 Å². The molecule has 0 aromatic heterocycles. The van der Waals surface area contributed by atoms with Gasteiger partial charge >= 0.3 is 6.18 Å². The van der Waals surface area contributed by atoms with Crippen LogP contribution >= 0.6 is 0 Å². The molecule has 2 rings (SSSR count). The molecule has 1 aliphatic carbocycles. The first-order chi connectivity index (χ1) is 7.96. The van der Waals surface area contributed by atoms with Crippen LogP contribution in [0.3, 0.4) is 0 Å². The minimum absolute atomic E-state index is 0.0422. The van der Waals surface area contributed by atoms with Gasteiger partial charge in [-0.2, -0.15) is 13.2 Å². The number of alkyl halides is 3. The van der Waals surface area contributed by atoms with Crippen molar-refractivity contribution in [2.24, 2.45) is 5.92 Å². The molecule has 0 bridgehead atoms. The van der Waals surface area contributed by atoms with Crippen LogP contribution in [0, 0.1) is 5.92 Å². The lowest BCUT2D eigenvalue weighted by Crippen LogP contribution is -2.47. The second kappa shape index (κ2) is 4.33. The van der Waals surface area contributed by atoms with E-state index in [-0.39, 0.29) is 5.56 Å². The molecule has 1 aromatic rings. The second-order valence-electron chi connectivity index (χ2n) is 4.61. The van der Waals surface area contributed by atoms with Gasteiger partial charge in [0.2, 0.25) is 0 Å². The molecule has 1 aliphatic rings. The number of aliphatic hydroxyl groups is 1. The zero-order chi connectivity index (χ0) is 12.5. The molecule has 1 unspecified atom stereocenters. The molecule has 1 fully saturated rings. The van der Waals surface area contributed by atoms with Crippen LogP contribution in [0.2, 0.25) is 0 Å². The van der Waals surface area contributed by atoms with E-state index in [0.29, 0.717) is 12.8 Å². The van der Waals surface area contributed by atoms with Gasteiger partial charge in [-0.3, -0.25) is 0 Å². The molecule has 1 aromatic carbocycles. The zero-order valence-corrected chi connectivity index (χ0v) is 9.37. The molecule has 1 N–H and O–H groups in total. The van der Waals surface area contributed by atoms with Crippen LogP contribution in [-0.2, 0) is 5.60 Å². The number of rotatable bonds is 2.